The average molecular weight is 278 g/mol. The van der Waals surface area contributed by atoms with Crippen molar-refractivity contribution in [3.05, 3.63) is 57.6 Å². The van der Waals surface area contributed by atoms with E-state index in [9.17, 15) is 10.1 Å². The van der Waals surface area contributed by atoms with Gasteiger partial charge in [0.1, 0.15) is 5.69 Å². The van der Waals surface area contributed by atoms with E-state index in [0.717, 1.165) is 11.4 Å². The molecule has 0 heterocycles. The maximum atomic E-state index is 10.9. The number of rotatable bonds is 4. The largest absolute Gasteiger partial charge is 0.388 e. The van der Waals surface area contributed by atoms with Crippen LogP contribution < -0.4 is 10.6 Å². The van der Waals surface area contributed by atoms with E-state index in [0.29, 0.717) is 10.7 Å². The second kappa shape index (κ2) is 5.58. The van der Waals surface area contributed by atoms with Crippen LogP contribution in [-0.4, -0.2) is 12.0 Å². The minimum Gasteiger partial charge on any atom is -0.388 e. The summed E-state index contributed by atoms with van der Waals surface area (Å²) in [6.45, 7) is 0. The molecule has 2 aromatic carbocycles. The number of nitrogens with zero attached hydrogens (tertiary/aromatic N) is 1. The van der Waals surface area contributed by atoms with Gasteiger partial charge in [0, 0.05) is 29.5 Å². The van der Waals surface area contributed by atoms with Crippen LogP contribution in [0.2, 0.25) is 5.02 Å². The first-order chi connectivity index (χ1) is 9.10. The lowest BCUT2D eigenvalue weighted by Gasteiger charge is -2.08. The van der Waals surface area contributed by atoms with Gasteiger partial charge in [0.15, 0.2) is 0 Å². The van der Waals surface area contributed by atoms with Gasteiger partial charge in [-0.25, -0.2) is 0 Å². The van der Waals surface area contributed by atoms with Gasteiger partial charge in [0.2, 0.25) is 0 Å². The van der Waals surface area contributed by atoms with Crippen molar-refractivity contribution in [2.75, 3.05) is 17.7 Å². The normalized spacial score (nSPS) is 10.0. The van der Waals surface area contributed by atoms with Crippen molar-refractivity contribution in [2.24, 2.45) is 0 Å². The molecule has 0 amide bonds. The van der Waals surface area contributed by atoms with Crippen molar-refractivity contribution < 1.29 is 4.92 Å². The number of benzene rings is 2. The van der Waals surface area contributed by atoms with Crippen molar-refractivity contribution in [1.29, 1.82) is 0 Å². The van der Waals surface area contributed by atoms with Crippen LogP contribution in [0.1, 0.15) is 0 Å². The highest BCUT2D eigenvalue weighted by Gasteiger charge is 2.13. The second-order valence-electron chi connectivity index (χ2n) is 3.87. The Morgan fingerprint density at radius 1 is 1.11 bits per heavy atom. The summed E-state index contributed by atoms with van der Waals surface area (Å²) in [7, 11) is 1.82. The number of anilines is 3. The summed E-state index contributed by atoms with van der Waals surface area (Å²) in [5, 5.41) is 17.4. The van der Waals surface area contributed by atoms with Gasteiger partial charge in [-0.1, -0.05) is 11.6 Å². The van der Waals surface area contributed by atoms with Gasteiger partial charge < -0.3 is 10.6 Å². The highest BCUT2D eigenvalue weighted by Crippen LogP contribution is 2.30. The van der Waals surface area contributed by atoms with Crippen LogP contribution in [-0.2, 0) is 0 Å². The first-order valence-corrected chi connectivity index (χ1v) is 5.97. The number of nitrogens with one attached hydrogen (secondary N) is 2. The summed E-state index contributed by atoms with van der Waals surface area (Å²) < 4.78 is 0. The molecule has 0 aliphatic rings. The van der Waals surface area contributed by atoms with Crippen LogP contribution in [0.5, 0.6) is 0 Å². The molecule has 0 saturated heterocycles. The molecule has 0 bridgehead atoms. The third kappa shape index (κ3) is 3.14. The fourth-order valence-electron chi connectivity index (χ4n) is 1.64. The molecule has 98 valence electrons. The number of nitro benzene ring substituents is 1. The number of nitro groups is 1. The highest BCUT2D eigenvalue weighted by atomic mass is 35.5. The number of hydrogen-bond acceptors (Lipinski definition) is 4. The third-order valence-electron chi connectivity index (χ3n) is 2.61. The molecule has 2 aromatic rings. The first-order valence-electron chi connectivity index (χ1n) is 5.59. The van der Waals surface area contributed by atoms with Crippen molar-refractivity contribution in [1.82, 2.24) is 0 Å². The van der Waals surface area contributed by atoms with Crippen LogP contribution in [0.3, 0.4) is 0 Å². The molecule has 2 N–H and O–H groups in total. The molecule has 0 aliphatic carbocycles. The summed E-state index contributed by atoms with van der Waals surface area (Å²) >= 11 is 5.86. The van der Waals surface area contributed by atoms with Gasteiger partial charge in [0.25, 0.3) is 5.69 Å². The molecule has 19 heavy (non-hydrogen) atoms. The maximum absolute atomic E-state index is 10.9. The van der Waals surface area contributed by atoms with Gasteiger partial charge in [-0.15, -0.1) is 0 Å². The Kier molecular flexibility index (Phi) is 3.87. The molecular weight excluding hydrogens is 266 g/mol. The van der Waals surface area contributed by atoms with Gasteiger partial charge in [-0.05, 0) is 36.4 Å². The SMILES string of the molecule is CNc1ccc(Nc2cc(Cl)ccc2[N+](=O)[O-])cc1. The molecule has 0 spiro atoms. The van der Waals surface area contributed by atoms with Gasteiger partial charge in [-0.2, -0.15) is 0 Å². The Hall–Kier alpha value is -2.27. The second-order valence-corrected chi connectivity index (χ2v) is 4.31. The molecule has 2 rings (SSSR count). The molecule has 0 aromatic heterocycles. The lowest BCUT2D eigenvalue weighted by atomic mass is 10.2. The smallest absolute Gasteiger partial charge is 0.292 e. The van der Waals surface area contributed by atoms with E-state index in [2.05, 4.69) is 10.6 Å². The van der Waals surface area contributed by atoms with Crippen molar-refractivity contribution in [3.63, 3.8) is 0 Å². The summed E-state index contributed by atoms with van der Waals surface area (Å²) in [5.74, 6) is 0. The van der Waals surface area contributed by atoms with Crippen LogP contribution in [0.15, 0.2) is 42.5 Å². The van der Waals surface area contributed by atoms with E-state index in [1.807, 2.05) is 31.3 Å². The first kappa shape index (κ1) is 13.2. The van der Waals surface area contributed by atoms with Crippen molar-refractivity contribution in [2.45, 2.75) is 0 Å². The fourth-order valence-corrected chi connectivity index (χ4v) is 1.82. The zero-order valence-corrected chi connectivity index (χ0v) is 10.9. The topological polar surface area (TPSA) is 67.2 Å². The van der Waals surface area contributed by atoms with Gasteiger partial charge in [0.05, 0.1) is 4.92 Å². The van der Waals surface area contributed by atoms with E-state index in [4.69, 9.17) is 11.6 Å². The third-order valence-corrected chi connectivity index (χ3v) is 2.84. The Balaban J connectivity index is 2.31. The molecule has 0 fully saturated rings. The summed E-state index contributed by atoms with van der Waals surface area (Å²) in [4.78, 5) is 10.5. The Bertz CT molecular complexity index is 599. The van der Waals surface area contributed by atoms with E-state index in [1.54, 1.807) is 0 Å². The van der Waals surface area contributed by atoms with Crippen LogP contribution in [0, 0.1) is 10.1 Å². The lowest BCUT2D eigenvalue weighted by Crippen LogP contribution is -1.97. The minimum absolute atomic E-state index is 0.0120. The standard InChI is InChI=1S/C13H12ClN3O2/c1-15-10-3-5-11(6-4-10)16-12-8-9(14)2-7-13(12)17(18)19/h2-8,15-16H,1H3. The summed E-state index contributed by atoms with van der Waals surface area (Å²) in [5.41, 5.74) is 2.08. The van der Waals surface area contributed by atoms with E-state index in [1.165, 1.54) is 18.2 Å². The molecule has 0 unspecified atom stereocenters. The Labute approximate surface area is 115 Å². The molecule has 0 aliphatic heterocycles. The van der Waals surface area contributed by atoms with Crippen molar-refractivity contribution in [3.8, 4) is 0 Å². The molecule has 0 atom stereocenters. The van der Waals surface area contributed by atoms with E-state index in [-0.39, 0.29) is 5.69 Å². The predicted octanol–water partition coefficient (Wildman–Crippen LogP) is 4.03. The molecule has 0 saturated carbocycles. The molecule has 0 radical (unpaired) electrons. The Morgan fingerprint density at radius 2 is 1.74 bits per heavy atom. The predicted molar refractivity (Wildman–Crippen MR) is 77.4 cm³/mol. The molecule has 5 nitrogen and oxygen atoms in total. The highest BCUT2D eigenvalue weighted by molar-refractivity contribution is 6.31. The lowest BCUT2D eigenvalue weighted by molar-refractivity contribution is -0.383. The van der Waals surface area contributed by atoms with Crippen molar-refractivity contribution >= 4 is 34.4 Å². The van der Waals surface area contributed by atoms with E-state index < -0.39 is 4.92 Å². The zero-order valence-electron chi connectivity index (χ0n) is 10.2. The van der Waals surface area contributed by atoms with Crippen LogP contribution in [0.25, 0.3) is 0 Å². The molecule has 6 heteroatoms. The van der Waals surface area contributed by atoms with Gasteiger partial charge >= 0.3 is 0 Å². The number of halogens is 1. The monoisotopic (exact) mass is 277 g/mol. The van der Waals surface area contributed by atoms with Crippen LogP contribution >= 0.6 is 11.6 Å². The minimum atomic E-state index is -0.444. The molecular formula is C13H12ClN3O2. The summed E-state index contributed by atoms with van der Waals surface area (Å²) in [6.07, 6.45) is 0. The fraction of sp³-hybridized carbons (Fsp3) is 0.0769. The zero-order chi connectivity index (χ0) is 13.8. The van der Waals surface area contributed by atoms with Crippen LogP contribution in [0.4, 0.5) is 22.7 Å². The quantitative estimate of drug-likeness (QED) is 0.654. The van der Waals surface area contributed by atoms with E-state index >= 15 is 0 Å². The number of hydrogen-bond donors (Lipinski definition) is 2. The average Bonchev–Trinajstić information content (AvgIpc) is 2.39. The Morgan fingerprint density at radius 3 is 2.32 bits per heavy atom. The summed E-state index contributed by atoms with van der Waals surface area (Å²) in [6, 6.07) is 11.8. The van der Waals surface area contributed by atoms with Gasteiger partial charge in [-0.3, -0.25) is 10.1 Å². The maximum Gasteiger partial charge on any atom is 0.292 e.